The number of hydrogen-bond acceptors (Lipinski definition) is 3. The molecule has 0 aliphatic carbocycles. The first-order chi connectivity index (χ1) is 9.67. The van der Waals surface area contributed by atoms with Crippen LogP contribution in [0.25, 0.3) is 11.0 Å². The molecule has 2 aromatic rings. The third-order valence-corrected chi connectivity index (χ3v) is 3.77. The van der Waals surface area contributed by atoms with Gasteiger partial charge in [0, 0.05) is 12.5 Å². The molecule has 4 nitrogen and oxygen atoms in total. The Balaban J connectivity index is 2.18. The monoisotopic (exact) mass is 273 g/mol. The SMILES string of the molecule is CCn1c(CC(=O)C(C)CCCN)nc2ccccc21. The minimum absolute atomic E-state index is 0.0590. The van der Waals surface area contributed by atoms with E-state index in [1.165, 1.54) is 0 Å². The Bertz CT molecular complexity index is 588. The number of aromatic nitrogens is 2. The zero-order valence-electron chi connectivity index (χ0n) is 12.3. The average molecular weight is 273 g/mol. The number of imidazole rings is 1. The molecule has 108 valence electrons. The lowest BCUT2D eigenvalue weighted by molar-refractivity contribution is -0.122. The molecule has 4 heteroatoms. The quantitative estimate of drug-likeness (QED) is 0.843. The van der Waals surface area contributed by atoms with Crippen LogP contribution in [0.1, 0.15) is 32.5 Å². The maximum Gasteiger partial charge on any atom is 0.143 e. The van der Waals surface area contributed by atoms with Crippen LogP contribution >= 0.6 is 0 Å². The van der Waals surface area contributed by atoms with Crippen molar-refractivity contribution in [1.29, 1.82) is 0 Å². The number of rotatable bonds is 7. The second kappa shape index (κ2) is 6.66. The standard InChI is InChI=1S/C16H23N3O/c1-3-19-14-9-5-4-8-13(14)18-16(19)11-15(20)12(2)7-6-10-17/h4-5,8-9,12H,3,6-7,10-11,17H2,1-2H3. The second-order valence-electron chi connectivity index (χ2n) is 5.24. The molecule has 1 aromatic carbocycles. The maximum atomic E-state index is 12.3. The molecule has 0 radical (unpaired) electrons. The van der Waals surface area contributed by atoms with Crippen LogP contribution in [0.15, 0.2) is 24.3 Å². The molecule has 0 fully saturated rings. The molecule has 0 aliphatic heterocycles. The number of fused-ring (bicyclic) bond motifs is 1. The van der Waals surface area contributed by atoms with E-state index >= 15 is 0 Å². The summed E-state index contributed by atoms with van der Waals surface area (Å²) in [5.41, 5.74) is 7.57. The Morgan fingerprint density at radius 2 is 2.15 bits per heavy atom. The maximum absolute atomic E-state index is 12.3. The highest BCUT2D eigenvalue weighted by atomic mass is 16.1. The summed E-state index contributed by atoms with van der Waals surface area (Å²) in [7, 11) is 0. The summed E-state index contributed by atoms with van der Waals surface area (Å²) in [4.78, 5) is 16.9. The molecule has 2 rings (SSSR count). The first kappa shape index (κ1) is 14.7. The number of Topliss-reactive ketones (excluding diaryl/α,β-unsaturated/α-hetero) is 1. The molecular weight excluding hydrogens is 250 g/mol. The number of benzene rings is 1. The number of hydrogen-bond donors (Lipinski definition) is 1. The molecular formula is C16H23N3O. The van der Waals surface area contributed by atoms with E-state index in [1.54, 1.807) is 0 Å². The highest BCUT2D eigenvalue weighted by molar-refractivity contribution is 5.84. The fraction of sp³-hybridized carbons (Fsp3) is 0.500. The van der Waals surface area contributed by atoms with Crippen LogP contribution in [0.3, 0.4) is 0 Å². The number of nitrogens with zero attached hydrogens (tertiary/aromatic N) is 2. The second-order valence-corrected chi connectivity index (χ2v) is 5.24. The minimum atomic E-state index is 0.0590. The van der Waals surface area contributed by atoms with Gasteiger partial charge in [0.05, 0.1) is 17.5 Å². The van der Waals surface area contributed by atoms with Crippen LogP contribution in [0.5, 0.6) is 0 Å². The molecule has 0 aliphatic rings. The van der Waals surface area contributed by atoms with Crippen molar-refractivity contribution in [1.82, 2.24) is 9.55 Å². The summed E-state index contributed by atoms with van der Waals surface area (Å²) in [6, 6.07) is 8.03. The van der Waals surface area contributed by atoms with Gasteiger partial charge in [-0.1, -0.05) is 19.1 Å². The van der Waals surface area contributed by atoms with Gasteiger partial charge in [0.25, 0.3) is 0 Å². The molecule has 0 amide bonds. The fourth-order valence-corrected chi connectivity index (χ4v) is 2.53. The first-order valence-electron chi connectivity index (χ1n) is 7.34. The van der Waals surface area contributed by atoms with Gasteiger partial charge in [-0.3, -0.25) is 4.79 Å². The molecule has 1 unspecified atom stereocenters. The van der Waals surface area contributed by atoms with Crippen molar-refractivity contribution in [3.05, 3.63) is 30.1 Å². The third-order valence-electron chi connectivity index (χ3n) is 3.77. The molecule has 1 heterocycles. The fourth-order valence-electron chi connectivity index (χ4n) is 2.53. The van der Waals surface area contributed by atoms with Crippen molar-refractivity contribution in [2.24, 2.45) is 11.7 Å². The van der Waals surface area contributed by atoms with E-state index in [1.807, 2.05) is 25.1 Å². The Labute approximate surface area is 120 Å². The predicted octanol–water partition coefficient (Wildman–Crippen LogP) is 2.54. The minimum Gasteiger partial charge on any atom is -0.330 e. The van der Waals surface area contributed by atoms with Crippen molar-refractivity contribution < 1.29 is 4.79 Å². The molecule has 0 bridgehead atoms. The van der Waals surface area contributed by atoms with Crippen LogP contribution < -0.4 is 5.73 Å². The van der Waals surface area contributed by atoms with Crippen LogP contribution in [-0.2, 0) is 17.8 Å². The number of para-hydroxylation sites is 2. The normalized spacial score (nSPS) is 12.8. The van der Waals surface area contributed by atoms with Gasteiger partial charge in [-0.2, -0.15) is 0 Å². The lowest BCUT2D eigenvalue weighted by Gasteiger charge is -2.10. The third kappa shape index (κ3) is 3.07. The highest BCUT2D eigenvalue weighted by Gasteiger charge is 2.17. The summed E-state index contributed by atoms with van der Waals surface area (Å²) in [5, 5.41) is 0. The van der Waals surface area contributed by atoms with Crippen LogP contribution in [0, 0.1) is 5.92 Å². The molecule has 20 heavy (non-hydrogen) atoms. The van der Waals surface area contributed by atoms with Gasteiger partial charge in [-0.15, -0.1) is 0 Å². The Morgan fingerprint density at radius 3 is 2.85 bits per heavy atom. The van der Waals surface area contributed by atoms with Crippen molar-refractivity contribution in [2.45, 2.75) is 39.7 Å². The van der Waals surface area contributed by atoms with Gasteiger partial charge < -0.3 is 10.3 Å². The van der Waals surface area contributed by atoms with Gasteiger partial charge in [-0.25, -0.2) is 4.98 Å². The number of carbonyl (C=O) groups is 1. The molecule has 2 N–H and O–H groups in total. The van der Waals surface area contributed by atoms with E-state index in [2.05, 4.69) is 22.5 Å². The highest BCUT2D eigenvalue weighted by Crippen LogP contribution is 2.18. The largest absolute Gasteiger partial charge is 0.330 e. The van der Waals surface area contributed by atoms with Crippen LogP contribution in [0.2, 0.25) is 0 Å². The molecule has 1 atom stereocenters. The van der Waals surface area contributed by atoms with Gasteiger partial charge >= 0.3 is 0 Å². The first-order valence-corrected chi connectivity index (χ1v) is 7.34. The predicted molar refractivity (Wildman–Crippen MR) is 81.6 cm³/mol. The molecule has 0 saturated carbocycles. The van der Waals surface area contributed by atoms with E-state index in [-0.39, 0.29) is 11.7 Å². The van der Waals surface area contributed by atoms with E-state index in [0.717, 1.165) is 36.2 Å². The smallest absolute Gasteiger partial charge is 0.143 e. The van der Waals surface area contributed by atoms with Gasteiger partial charge in [0.15, 0.2) is 0 Å². The Kier molecular flexibility index (Phi) is 4.90. The molecule has 0 spiro atoms. The number of carbonyl (C=O) groups excluding carboxylic acids is 1. The summed E-state index contributed by atoms with van der Waals surface area (Å²) < 4.78 is 2.13. The van der Waals surface area contributed by atoms with Gasteiger partial charge in [-0.05, 0) is 38.4 Å². The van der Waals surface area contributed by atoms with Crippen molar-refractivity contribution in [3.8, 4) is 0 Å². The lowest BCUT2D eigenvalue weighted by Crippen LogP contribution is -2.17. The van der Waals surface area contributed by atoms with Crippen molar-refractivity contribution in [2.75, 3.05) is 6.54 Å². The van der Waals surface area contributed by atoms with Gasteiger partial charge in [0.2, 0.25) is 0 Å². The van der Waals surface area contributed by atoms with Gasteiger partial charge in [0.1, 0.15) is 11.6 Å². The summed E-state index contributed by atoms with van der Waals surface area (Å²) in [6.07, 6.45) is 2.17. The van der Waals surface area contributed by atoms with E-state index in [9.17, 15) is 4.79 Å². The molecule has 1 aromatic heterocycles. The molecule has 0 saturated heterocycles. The van der Waals surface area contributed by atoms with E-state index in [0.29, 0.717) is 13.0 Å². The number of aryl methyl sites for hydroxylation is 1. The van der Waals surface area contributed by atoms with Crippen molar-refractivity contribution in [3.63, 3.8) is 0 Å². The lowest BCUT2D eigenvalue weighted by atomic mass is 9.98. The average Bonchev–Trinajstić information content (AvgIpc) is 2.81. The topological polar surface area (TPSA) is 60.9 Å². The van der Waals surface area contributed by atoms with Crippen LogP contribution in [-0.4, -0.2) is 21.9 Å². The number of nitrogens with two attached hydrogens (primary N) is 1. The van der Waals surface area contributed by atoms with E-state index < -0.39 is 0 Å². The zero-order chi connectivity index (χ0) is 14.5. The number of ketones is 1. The Hall–Kier alpha value is -1.68. The summed E-state index contributed by atoms with van der Waals surface area (Å²) >= 11 is 0. The summed E-state index contributed by atoms with van der Waals surface area (Å²) in [5.74, 6) is 1.19. The zero-order valence-corrected chi connectivity index (χ0v) is 12.3. The van der Waals surface area contributed by atoms with Crippen molar-refractivity contribution >= 4 is 16.8 Å². The summed E-state index contributed by atoms with van der Waals surface area (Å²) in [6.45, 7) is 5.54. The van der Waals surface area contributed by atoms with Crippen LogP contribution in [0.4, 0.5) is 0 Å². The van der Waals surface area contributed by atoms with E-state index in [4.69, 9.17) is 5.73 Å². The Morgan fingerprint density at radius 1 is 1.40 bits per heavy atom.